The lowest BCUT2D eigenvalue weighted by atomic mass is 10.2. The molecule has 94 valence electrons. The molecular formula is C8H5ClF2O5S. The molecule has 0 atom stereocenters. The van der Waals surface area contributed by atoms with Gasteiger partial charge in [0.1, 0.15) is 11.3 Å². The molecule has 1 aromatic rings. The van der Waals surface area contributed by atoms with Gasteiger partial charge >= 0.3 is 12.6 Å². The number of hydrogen-bond acceptors (Lipinski definition) is 4. The molecule has 0 radical (unpaired) electrons. The summed E-state index contributed by atoms with van der Waals surface area (Å²) in [4.78, 5) is 10.2. The van der Waals surface area contributed by atoms with Gasteiger partial charge in [-0.05, 0) is 18.2 Å². The average molecular weight is 287 g/mol. The van der Waals surface area contributed by atoms with Crippen molar-refractivity contribution in [1.29, 1.82) is 0 Å². The first kappa shape index (κ1) is 13.7. The molecule has 0 saturated heterocycles. The monoisotopic (exact) mass is 286 g/mol. The van der Waals surface area contributed by atoms with Crippen LogP contribution in [0.3, 0.4) is 0 Å². The second kappa shape index (κ2) is 4.84. The smallest absolute Gasteiger partial charge is 0.387 e. The lowest BCUT2D eigenvalue weighted by Crippen LogP contribution is -2.08. The van der Waals surface area contributed by atoms with Crippen LogP contribution in [0.2, 0.25) is 0 Å². The minimum absolute atomic E-state index is 0.516. The summed E-state index contributed by atoms with van der Waals surface area (Å²) in [6, 6.07) is 2.31. The van der Waals surface area contributed by atoms with E-state index in [0.29, 0.717) is 6.07 Å². The van der Waals surface area contributed by atoms with E-state index in [-0.39, 0.29) is 0 Å². The fraction of sp³-hybridized carbons (Fsp3) is 0.125. The van der Waals surface area contributed by atoms with E-state index in [2.05, 4.69) is 4.74 Å². The van der Waals surface area contributed by atoms with Crippen LogP contribution >= 0.6 is 10.7 Å². The van der Waals surface area contributed by atoms with Crippen LogP contribution in [0.5, 0.6) is 5.75 Å². The van der Waals surface area contributed by atoms with Crippen LogP contribution in [0.4, 0.5) is 8.78 Å². The largest absolute Gasteiger partial charge is 0.478 e. The molecule has 0 aliphatic heterocycles. The highest BCUT2D eigenvalue weighted by Gasteiger charge is 2.19. The third-order valence-electron chi connectivity index (χ3n) is 1.68. The van der Waals surface area contributed by atoms with Crippen molar-refractivity contribution in [2.24, 2.45) is 0 Å². The molecule has 0 aliphatic carbocycles. The predicted octanol–water partition coefficient (Wildman–Crippen LogP) is 1.91. The summed E-state index contributed by atoms with van der Waals surface area (Å²) in [5.74, 6) is -2.25. The van der Waals surface area contributed by atoms with E-state index < -0.39 is 37.8 Å². The number of benzene rings is 1. The Hall–Kier alpha value is -1.41. The molecule has 0 heterocycles. The number of carboxylic acid groups (broad SMARTS) is 1. The third kappa shape index (κ3) is 3.53. The van der Waals surface area contributed by atoms with Crippen molar-refractivity contribution in [2.45, 2.75) is 11.5 Å². The Morgan fingerprint density at radius 2 is 2.00 bits per heavy atom. The molecule has 0 aliphatic rings. The Morgan fingerprint density at radius 1 is 1.41 bits per heavy atom. The van der Waals surface area contributed by atoms with Gasteiger partial charge in [-0.3, -0.25) is 0 Å². The van der Waals surface area contributed by atoms with E-state index in [1.165, 1.54) is 0 Å². The Kier molecular flexibility index (Phi) is 3.89. The van der Waals surface area contributed by atoms with Crippen LogP contribution in [-0.4, -0.2) is 26.1 Å². The molecular weight excluding hydrogens is 282 g/mol. The van der Waals surface area contributed by atoms with E-state index in [4.69, 9.17) is 15.8 Å². The number of rotatable bonds is 4. The Morgan fingerprint density at radius 3 is 2.41 bits per heavy atom. The lowest BCUT2D eigenvalue weighted by Gasteiger charge is -2.08. The van der Waals surface area contributed by atoms with Crippen LogP contribution in [0.15, 0.2) is 23.1 Å². The maximum absolute atomic E-state index is 11.9. The number of halogens is 3. The normalized spacial score (nSPS) is 11.5. The number of carboxylic acids is 1. The van der Waals surface area contributed by atoms with Crippen LogP contribution in [0.1, 0.15) is 10.4 Å². The molecule has 0 fully saturated rings. The highest BCUT2D eigenvalue weighted by atomic mass is 35.7. The summed E-state index contributed by atoms with van der Waals surface area (Å²) in [6.45, 7) is -3.22. The van der Waals surface area contributed by atoms with E-state index in [0.717, 1.165) is 12.1 Å². The molecule has 0 saturated carbocycles. The van der Waals surface area contributed by atoms with Crippen LogP contribution < -0.4 is 4.74 Å². The lowest BCUT2D eigenvalue weighted by molar-refractivity contribution is -0.0503. The zero-order chi connectivity index (χ0) is 13.2. The van der Waals surface area contributed by atoms with Crippen molar-refractivity contribution in [3.8, 4) is 5.75 Å². The first-order chi connectivity index (χ1) is 7.71. The highest BCUT2D eigenvalue weighted by molar-refractivity contribution is 8.13. The summed E-state index contributed by atoms with van der Waals surface area (Å²) in [5, 5.41) is 8.71. The van der Waals surface area contributed by atoms with E-state index >= 15 is 0 Å². The summed E-state index contributed by atoms with van der Waals surface area (Å²) < 4.78 is 49.6. The molecule has 0 bridgehead atoms. The minimum atomic E-state index is -4.14. The SMILES string of the molecule is O=C(O)c1cc(S(=O)(=O)Cl)ccc1OC(F)F. The summed E-state index contributed by atoms with van der Waals surface area (Å²) in [5.41, 5.74) is -0.716. The zero-order valence-electron chi connectivity index (χ0n) is 7.93. The second-order valence-corrected chi connectivity index (χ2v) is 5.35. The zero-order valence-corrected chi connectivity index (χ0v) is 9.50. The topological polar surface area (TPSA) is 80.7 Å². The third-order valence-corrected chi connectivity index (χ3v) is 3.03. The Bertz CT molecular complexity index is 543. The highest BCUT2D eigenvalue weighted by Crippen LogP contribution is 2.25. The van der Waals surface area contributed by atoms with Crippen molar-refractivity contribution < 1.29 is 31.8 Å². The molecule has 1 aromatic carbocycles. The van der Waals surface area contributed by atoms with Gasteiger partial charge in [-0.1, -0.05) is 0 Å². The van der Waals surface area contributed by atoms with E-state index in [1.807, 2.05) is 0 Å². The van der Waals surface area contributed by atoms with Crippen LogP contribution in [0.25, 0.3) is 0 Å². The van der Waals surface area contributed by atoms with Gasteiger partial charge in [0.2, 0.25) is 0 Å². The van der Waals surface area contributed by atoms with Gasteiger partial charge in [0.15, 0.2) is 0 Å². The first-order valence-corrected chi connectivity index (χ1v) is 6.29. The number of carbonyl (C=O) groups is 1. The molecule has 1 N–H and O–H groups in total. The Labute approximate surface area is 99.0 Å². The molecule has 1 rings (SSSR count). The number of alkyl halides is 2. The summed E-state index contributed by atoms with van der Waals surface area (Å²) >= 11 is 0. The predicted molar refractivity (Wildman–Crippen MR) is 53.1 cm³/mol. The van der Waals surface area contributed by atoms with Gasteiger partial charge in [-0.15, -0.1) is 0 Å². The number of aromatic carboxylic acids is 1. The number of hydrogen-bond donors (Lipinski definition) is 1. The molecule has 0 amide bonds. The van der Waals surface area contributed by atoms with Gasteiger partial charge in [-0.2, -0.15) is 8.78 Å². The van der Waals surface area contributed by atoms with Crippen molar-refractivity contribution in [3.05, 3.63) is 23.8 Å². The first-order valence-electron chi connectivity index (χ1n) is 3.98. The molecule has 0 spiro atoms. The second-order valence-electron chi connectivity index (χ2n) is 2.78. The van der Waals surface area contributed by atoms with Gasteiger partial charge in [0.05, 0.1) is 4.90 Å². The maximum Gasteiger partial charge on any atom is 0.387 e. The molecule has 0 unspecified atom stereocenters. The van der Waals surface area contributed by atoms with Gasteiger partial charge < -0.3 is 9.84 Å². The molecule has 0 aromatic heterocycles. The van der Waals surface area contributed by atoms with E-state index in [1.54, 1.807) is 0 Å². The average Bonchev–Trinajstić information content (AvgIpc) is 2.15. The van der Waals surface area contributed by atoms with Crippen molar-refractivity contribution >= 4 is 25.7 Å². The van der Waals surface area contributed by atoms with Crippen LogP contribution in [0, 0.1) is 0 Å². The van der Waals surface area contributed by atoms with Gasteiger partial charge in [0.25, 0.3) is 9.05 Å². The number of ether oxygens (including phenoxy) is 1. The van der Waals surface area contributed by atoms with Gasteiger partial charge in [-0.25, -0.2) is 13.2 Å². The Balaban J connectivity index is 3.32. The van der Waals surface area contributed by atoms with Crippen molar-refractivity contribution in [2.75, 3.05) is 0 Å². The van der Waals surface area contributed by atoms with Crippen molar-refractivity contribution in [1.82, 2.24) is 0 Å². The summed E-state index contributed by atoms with van der Waals surface area (Å²) in [6.07, 6.45) is 0. The maximum atomic E-state index is 11.9. The fourth-order valence-electron chi connectivity index (χ4n) is 1.03. The fourth-order valence-corrected chi connectivity index (χ4v) is 1.80. The molecule has 17 heavy (non-hydrogen) atoms. The standard InChI is InChI=1S/C8H5ClF2O5S/c9-17(14,15)4-1-2-6(16-8(10)11)5(3-4)7(12)13/h1-3,8H,(H,12,13). The summed E-state index contributed by atoms with van der Waals surface area (Å²) in [7, 11) is 0.845. The van der Waals surface area contributed by atoms with Crippen LogP contribution in [-0.2, 0) is 9.05 Å². The van der Waals surface area contributed by atoms with Gasteiger partial charge in [0, 0.05) is 10.7 Å². The molecule has 5 nitrogen and oxygen atoms in total. The minimum Gasteiger partial charge on any atom is -0.478 e. The molecule has 9 heteroatoms. The van der Waals surface area contributed by atoms with E-state index in [9.17, 15) is 22.0 Å². The van der Waals surface area contributed by atoms with Crippen molar-refractivity contribution in [3.63, 3.8) is 0 Å². The quantitative estimate of drug-likeness (QED) is 0.855.